The van der Waals surface area contributed by atoms with Crippen molar-refractivity contribution in [1.29, 1.82) is 0 Å². The third-order valence-electron chi connectivity index (χ3n) is 3.21. The summed E-state index contributed by atoms with van der Waals surface area (Å²) in [6.45, 7) is 0. The lowest BCUT2D eigenvalue weighted by molar-refractivity contribution is 0.392. The minimum absolute atomic E-state index is 0.0738. The standard InChI is InChI=1S/C14H14N6O4S/c1-23-10-3-4-11(24-2)12(5-10)25(21,22)19-13-6-14(17-8-16-13)20-9-15-7-18-20/h3-9H,1-2H3,(H,16,17,19). The molecule has 0 saturated carbocycles. The first kappa shape index (κ1) is 16.6. The molecular formula is C14H14N6O4S. The van der Waals surface area contributed by atoms with E-state index in [1.54, 1.807) is 6.07 Å². The molecule has 0 unspecified atom stereocenters. The zero-order chi connectivity index (χ0) is 17.9. The normalized spacial score (nSPS) is 11.1. The smallest absolute Gasteiger partial charge is 0.266 e. The van der Waals surface area contributed by atoms with Gasteiger partial charge in [-0.15, -0.1) is 0 Å². The molecule has 2 heterocycles. The number of nitrogens with zero attached hydrogens (tertiary/aromatic N) is 5. The van der Waals surface area contributed by atoms with Crippen LogP contribution in [0, 0.1) is 0 Å². The molecule has 0 aliphatic rings. The van der Waals surface area contributed by atoms with Gasteiger partial charge in [-0.25, -0.2) is 28.1 Å². The number of hydrogen-bond donors (Lipinski definition) is 1. The van der Waals surface area contributed by atoms with E-state index in [1.165, 1.54) is 56.1 Å². The van der Waals surface area contributed by atoms with Gasteiger partial charge in [0.1, 0.15) is 41.2 Å². The second kappa shape index (κ2) is 6.73. The van der Waals surface area contributed by atoms with Crippen molar-refractivity contribution < 1.29 is 17.9 Å². The zero-order valence-electron chi connectivity index (χ0n) is 13.3. The van der Waals surface area contributed by atoms with Crippen LogP contribution in [-0.2, 0) is 10.0 Å². The molecule has 0 fully saturated rings. The summed E-state index contributed by atoms with van der Waals surface area (Å²) in [6.07, 6.45) is 4.00. The number of benzene rings is 1. The Morgan fingerprint density at radius 1 is 1.08 bits per heavy atom. The van der Waals surface area contributed by atoms with Crippen LogP contribution in [0.1, 0.15) is 0 Å². The van der Waals surface area contributed by atoms with Crippen molar-refractivity contribution in [1.82, 2.24) is 24.7 Å². The van der Waals surface area contributed by atoms with Crippen LogP contribution in [0.15, 0.2) is 48.1 Å². The summed E-state index contributed by atoms with van der Waals surface area (Å²) in [5.41, 5.74) is 0. The van der Waals surface area contributed by atoms with Crippen LogP contribution in [0.25, 0.3) is 5.82 Å². The van der Waals surface area contributed by atoms with Gasteiger partial charge >= 0.3 is 0 Å². The molecule has 3 aromatic rings. The fourth-order valence-corrected chi connectivity index (χ4v) is 3.23. The Labute approximate surface area is 143 Å². The maximum absolute atomic E-state index is 12.7. The van der Waals surface area contributed by atoms with E-state index in [-0.39, 0.29) is 16.5 Å². The van der Waals surface area contributed by atoms with Crippen LogP contribution >= 0.6 is 0 Å². The lowest BCUT2D eigenvalue weighted by atomic mass is 10.3. The fourth-order valence-electron chi connectivity index (χ4n) is 2.04. The summed E-state index contributed by atoms with van der Waals surface area (Å²) in [7, 11) is -1.14. The Kier molecular flexibility index (Phi) is 4.48. The second-order valence-corrected chi connectivity index (χ2v) is 6.37. The van der Waals surface area contributed by atoms with Gasteiger partial charge in [0.2, 0.25) is 0 Å². The monoisotopic (exact) mass is 362 g/mol. The van der Waals surface area contributed by atoms with Gasteiger partial charge in [0.15, 0.2) is 5.82 Å². The van der Waals surface area contributed by atoms with E-state index in [1.807, 2.05) is 0 Å². The van der Waals surface area contributed by atoms with E-state index in [9.17, 15) is 8.42 Å². The minimum Gasteiger partial charge on any atom is -0.497 e. The summed E-state index contributed by atoms with van der Waals surface area (Å²) in [5.74, 6) is 0.999. The van der Waals surface area contributed by atoms with Crippen molar-refractivity contribution in [2.75, 3.05) is 18.9 Å². The minimum atomic E-state index is -3.96. The van der Waals surface area contributed by atoms with E-state index in [2.05, 4.69) is 24.8 Å². The SMILES string of the molecule is COc1ccc(OC)c(S(=O)(=O)Nc2cc(-n3cncn3)ncn2)c1. The van der Waals surface area contributed by atoms with E-state index in [4.69, 9.17) is 9.47 Å². The molecule has 1 N–H and O–H groups in total. The van der Waals surface area contributed by atoms with Crippen LogP contribution in [0.3, 0.4) is 0 Å². The first-order chi connectivity index (χ1) is 12.0. The molecule has 10 nitrogen and oxygen atoms in total. The summed E-state index contributed by atoms with van der Waals surface area (Å²) >= 11 is 0. The average Bonchev–Trinajstić information content (AvgIpc) is 3.15. The first-order valence-electron chi connectivity index (χ1n) is 6.95. The van der Waals surface area contributed by atoms with Crippen molar-refractivity contribution in [2.24, 2.45) is 0 Å². The number of methoxy groups -OCH3 is 2. The number of rotatable bonds is 6. The highest BCUT2D eigenvalue weighted by Crippen LogP contribution is 2.29. The lowest BCUT2D eigenvalue weighted by Crippen LogP contribution is -2.15. The van der Waals surface area contributed by atoms with Crippen LogP contribution in [-0.4, -0.2) is 47.4 Å². The van der Waals surface area contributed by atoms with Crippen molar-refractivity contribution in [3.8, 4) is 17.3 Å². The Bertz CT molecular complexity index is 975. The quantitative estimate of drug-likeness (QED) is 0.686. The maximum Gasteiger partial charge on any atom is 0.266 e. The van der Waals surface area contributed by atoms with E-state index in [0.29, 0.717) is 11.6 Å². The molecule has 130 valence electrons. The fraction of sp³-hybridized carbons (Fsp3) is 0.143. The van der Waals surface area contributed by atoms with E-state index < -0.39 is 10.0 Å². The van der Waals surface area contributed by atoms with Gasteiger partial charge in [0.05, 0.1) is 14.2 Å². The molecule has 0 saturated heterocycles. The topological polar surface area (TPSA) is 121 Å². The molecule has 0 amide bonds. The molecule has 1 aromatic carbocycles. The van der Waals surface area contributed by atoms with E-state index >= 15 is 0 Å². The molecule has 25 heavy (non-hydrogen) atoms. The highest BCUT2D eigenvalue weighted by atomic mass is 32.2. The summed E-state index contributed by atoms with van der Waals surface area (Å²) in [5, 5.41) is 3.93. The first-order valence-corrected chi connectivity index (χ1v) is 8.43. The largest absolute Gasteiger partial charge is 0.497 e. The predicted molar refractivity (Wildman–Crippen MR) is 87.3 cm³/mol. The van der Waals surface area contributed by atoms with Gasteiger partial charge in [0, 0.05) is 12.1 Å². The number of sulfonamides is 1. The van der Waals surface area contributed by atoms with Gasteiger partial charge in [-0.05, 0) is 12.1 Å². The Balaban J connectivity index is 1.96. The molecular weight excluding hydrogens is 348 g/mol. The van der Waals surface area contributed by atoms with Crippen LogP contribution in [0.5, 0.6) is 11.5 Å². The van der Waals surface area contributed by atoms with Gasteiger partial charge in [-0.2, -0.15) is 5.10 Å². The van der Waals surface area contributed by atoms with Crippen molar-refractivity contribution >= 4 is 15.8 Å². The van der Waals surface area contributed by atoms with Crippen molar-refractivity contribution in [2.45, 2.75) is 4.90 Å². The van der Waals surface area contributed by atoms with Crippen LogP contribution < -0.4 is 14.2 Å². The maximum atomic E-state index is 12.7. The van der Waals surface area contributed by atoms with E-state index in [0.717, 1.165) is 0 Å². The van der Waals surface area contributed by atoms with Crippen LogP contribution in [0.4, 0.5) is 5.82 Å². The van der Waals surface area contributed by atoms with Gasteiger partial charge < -0.3 is 9.47 Å². The molecule has 2 aromatic heterocycles. The lowest BCUT2D eigenvalue weighted by Gasteiger charge is -2.12. The number of ether oxygens (including phenoxy) is 2. The molecule has 3 rings (SSSR count). The highest BCUT2D eigenvalue weighted by molar-refractivity contribution is 7.92. The Morgan fingerprint density at radius 2 is 1.92 bits per heavy atom. The molecule has 0 atom stereocenters. The van der Waals surface area contributed by atoms with Gasteiger partial charge in [-0.3, -0.25) is 4.72 Å². The molecule has 0 bridgehead atoms. The zero-order valence-corrected chi connectivity index (χ0v) is 14.1. The summed E-state index contributed by atoms with van der Waals surface area (Å²) < 4.78 is 39.4. The number of anilines is 1. The van der Waals surface area contributed by atoms with Crippen LogP contribution in [0.2, 0.25) is 0 Å². The highest BCUT2D eigenvalue weighted by Gasteiger charge is 2.21. The van der Waals surface area contributed by atoms with Crippen molar-refractivity contribution in [3.63, 3.8) is 0 Å². The van der Waals surface area contributed by atoms with Gasteiger partial charge in [0.25, 0.3) is 10.0 Å². The Hall–Kier alpha value is -3.21. The second-order valence-electron chi connectivity index (χ2n) is 4.72. The third kappa shape index (κ3) is 3.50. The Morgan fingerprint density at radius 3 is 2.60 bits per heavy atom. The third-order valence-corrected chi connectivity index (χ3v) is 4.58. The number of aromatic nitrogens is 5. The molecule has 0 spiro atoms. The molecule has 11 heteroatoms. The number of hydrogen-bond acceptors (Lipinski definition) is 8. The average molecular weight is 362 g/mol. The van der Waals surface area contributed by atoms with Crippen molar-refractivity contribution in [3.05, 3.63) is 43.2 Å². The molecule has 0 radical (unpaired) electrons. The number of nitrogens with one attached hydrogen (secondary N) is 1. The summed E-state index contributed by atoms with van der Waals surface area (Å²) in [4.78, 5) is 11.7. The summed E-state index contributed by atoms with van der Waals surface area (Å²) in [6, 6.07) is 5.90. The predicted octanol–water partition coefficient (Wildman–Crippen LogP) is 0.875. The molecule has 0 aliphatic carbocycles. The van der Waals surface area contributed by atoms with Gasteiger partial charge in [-0.1, -0.05) is 0 Å². The molecule has 0 aliphatic heterocycles.